The summed E-state index contributed by atoms with van der Waals surface area (Å²) in [7, 11) is 1.63. The Morgan fingerprint density at radius 1 is 1.38 bits per heavy atom. The third-order valence-electron chi connectivity index (χ3n) is 3.71. The van der Waals surface area contributed by atoms with E-state index >= 15 is 0 Å². The highest BCUT2D eigenvalue weighted by molar-refractivity contribution is 6.17. The maximum Gasteiger partial charge on any atom is 0.226 e. The monoisotopic (exact) mass is 311 g/mol. The molecule has 1 saturated heterocycles. The number of halogens is 1. The number of ether oxygens (including phenoxy) is 2. The van der Waals surface area contributed by atoms with Crippen LogP contribution in [0.1, 0.15) is 18.4 Å². The van der Waals surface area contributed by atoms with Gasteiger partial charge in [0.25, 0.3) is 0 Å². The summed E-state index contributed by atoms with van der Waals surface area (Å²) >= 11 is 5.62. The zero-order valence-electron chi connectivity index (χ0n) is 12.4. The molecule has 1 aliphatic heterocycles. The SMILES string of the molecule is COc1cccc(CC(=O)N2CCC(OCCCl)CC2)c1. The van der Waals surface area contributed by atoms with Crippen LogP contribution in [0.4, 0.5) is 0 Å². The van der Waals surface area contributed by atoms with E-state index in [9.17, 15) is 4.79 Å². The Morgan fingerprint density at radius 3 is 2.81 bits per heavy atom. The van der Waals surface area contributed by atoms with Crippen molar-refractivity contribution in [2.75, 3.05) is 32.7 Å². The molecule has 0 radical (unpaired) electrons. The van der Waals surface area contributed by atoms with Crippen LogP contribution in [0.15, 0.2) is 24.3 Å². The Hall–Kier alpha value is -1.26. The Balaban J connectivity index is 1.81. The van der Waals surface area contributed by atoms with Gasteiger partial charge in [0, 0.05) is 19.0 Å². The predicted molar refractivity (Wildman–Crippen MR) is 83.0 cm³/mol. The molecule has 0 aliphatic carbocycles. The molecule has 1 aliphatic rings. The molecule has 116 valence electrons. The molecule has 1 fully saturated rings. The van der Waals surface area contributed by atoms with Gasteiger partial charge in [-0.2, -0.15) is 0 Å². The van der Waals surface area contributed by atoms with Crippen molar-refractivity contribution in [3.05, 3.63) is 29.8 Å². The van der Waals surface area contributed by atoms with Crippen molar-refractivity contribution in [2.24, 2.45) is 0 Å². The van der Waals surface area contributed by atoms with Crippen LogP contribution in [0.25, 0.3) is 0 Å². The second-order valence-electron chi connectivity index (χ2n) is 5.17. The predicted octanol–water partition coefficient (Wildman–Crippen LogP) is 2.48. The van der Waals surface area contributed by atoms with Gasteiger partial charge in [0.2, 0.25) is 5.91 Å². The van der Waals surface area contributed by atoms with E-state index in [4.69, 9.17) is 21.1 Å². The van der Waals surface area contributed by atoms with E-state index in [-0.39, 0.29) is 12.0 Å². The van der Waals surface area contributed by atoms with Crippen LogP contribution in [0, 0.1) is 0 Å². The van der Waals surface area contributed by atoms with Crippen LogP contribution < -0.4 is 4.74 Å². The molecular weight excluding hydrogens is 290 g/mol. The Bertz CT molecular complexity index is 459. The molecule has 1 aromatic rings. The average Bonchev–Trinajstić information content (AvgIpc) is 2.53. The van der Waals surface area contributed by atoms with Gasteiger partial charge >= 0.3 is 0 Å². The number of amides is 1. The van der Waals surface area contributed by atoms with Gasteiger partial charge < -0.3 is 14.4 Å². The van der Waals surface area contributed by atoms with Crippen LogP contribution in [-0.4, -0.2) is 49.6 Å². The van der Waals surface area contributed by atoms with Gasteiger partial charge in [0.1, 0.15) is 5.75 Å². The quantitative estimate of drug-likeness (QED) is 0.758. The molecule has 0 N–H and O–H groups in total. The fourth-order valence-electron chi connectivity index (χ4n) is 2.55. The molecule has 21 heavy (non-hydrogen) atoms. The number of nitrogens with zero attached hydrogens (tertiary/aromatic N) is 1. The minimum Gasteiger partial charge on any atom is -0.497 e. The van der Waals surface area contributed by atoms with Gasteiger partial charge in [0.05, 0.1) is 26.2 Å². The van der Waals surface area contributed by atoms with E-state index in [0.717, 1.165) is 37.2 Å². The van der Waals surface area contributed by atoms with Crippen molar-refractivity contribution in [3.8, 4) is 5.75 Å². The standard InChI is InChI=1S/C16H22ClNO3/c1-20-15-4-2-3-13(11-15)12-16(19)18-8-5-14(6-9-18)21-10-7-17/h2-4,11,14H,5-10,12H2,1H3. The van der Waals surface area contributed by atoms with Crippen LogP contribution in [0.2, 0.25) is 0 Å². The smallest absolute Gasteiger partial charge is 0.226 e. The van der Waals surface area contributed by atoms with Crippen LogP contribution >= 0.6 is 11.6 Å². The molecule has 0 bridgehead atoms. The first-order valence-corrected chi connectivity index (χ1v) is 7.84. The number of carbonyl (C=O) groups excluding carboxylic acids is 1. The molecule has 0 atom stereocenters. The number of benzene rings is 1. The van der Waals surface area contributed by atoms with E-state index in [0.29, 0.717) is 18.9 Å². The molecule has 5 heteroatoms. The van der Waals surface area contributed by atoms with E-state index < -0.39 is 0 Å². The fourth-order valence-corrected chi connectivity index (χ4v) is 2.64. The van der Waals surface area contributed by atoms with Crippen molar-refractivity contribution in [1.29, 1.82) is 0 Å². The lowest BCUT2D eigenvalue weighted by molar-refractivity contribution is -0.133. The van der Waals surface area contributed by atoms with E-state index in [1.54, 1.807) is 7.11 Å². The number of alkyl halides is 1. The summed E-state index contributed by atoms with van der Waals surface area (Å²) in [6, 6.07) is 7.66. The highest BCUT2D eigenvalue weighted by Crippen LogP contribution is 2.17. The van der Waals surface area contributed by atoms with Crippen molar-refractivity contribution in [3.63, 3.8) is 0 Å². The van der Waals surface area contributed by atoms with Gasteiger partial charge in [-0.15, -0.1) is 11.6 Å². The summed E-state index contributed by atoms with van der Waals surface area (Å²) < 4.78 is 10.8. The molecule has 1 amide bonds. The molecule has 0 saturated carbocycles. The first-order valence-electron chi connectivity index (χ1n) is 7.31. The third kappa shape index (κ3) is 4.90. The molecule has 1 heterocycles. The minimum atomic E-state index is 0.166. The lowest BCUT2D eigenvalue weighted by atomic mass is 10.1. The number of carbonyl (C=O) groups is 1. The Labute approximate surface area is 131 Å². The third-order valence-corrected chi connectivity index (χ3v) is 3.87. The normalized spacial score (nSPS) is 16.0. The topological polar surface area (TPSA) is 38.8 Å². The van der Waals surface area contributed by atoms with Gasteiger partial charge in [0.15, 0.2) is 0 Å². The minimum absolute atomic E-state index is 0.166. The highest BCUT2D eigenvalue weighted by Gasteiger charge is 2.23. The van der Waals surface area contributed by atoms with Gasteiger partial charge in [-0.1, -0.05) is 12.1 Å². The van der Waals surface area contributed by atoms with Crippen LogP contribution in [-0.2, 0) is 16.0 Å². The van der Waals surface area contributed by atoms with Gasteiger partial charge in [-0.25, -0.2) is 0 Å². The molecule has 2 rings (SSSR count). The maximum absolute atomic E-state index is 12.3. The van der Waals surface area contributed by atoms with E-state index in [1.165, 1.54) is 0 Å². The van der Waals surface area contributed by atoms with Crippen LogP contribution in [0.5, 0.6) is 5.75 Å². The van der Waals surface area contributed by atoms with Crippen molar-refractivity contribution in [2.45, 2.75) is 25.4 Å². The first kappa shape index (κ1) is 16.1. The lowest BCUT2D eigenvalue weighted by Gasteiger charge is -2.32. The molecule has 1 aromatic carbocycles. The largest absolute Gasteiger partial charge is 0.497 e. The second-order valence-corrected chi connectivity index (χ2v) is 5.55. The van der Waals surface area contributed by atoms with E-state index in [1.807, 2.05) is 29.2 Å². The molecular formula is C16H22ClNO3. The number of piperidine rings is 1. The highest BCUT2D eigenvalue weighted by atomic mass is 35.5. The Kier molecular flexibility index (Phi) is 6.33. The summed E-state index contributed by atoms with van der Waals surface area (Å²) in [5, 5.41) is 0. The zero-order chi connectivity index (χ0) is 15.1. The van der Waals surface area contributed by atoms with Crippen molar-refractivity contribution in [1.82, 2.24) is 4.90 Å². The fraction of sp³-hybridized carbons (Fsp3) is 0.562. The van der Waals surface area contributed by atoms with Crippen LogP contribution in [0.3, 0.4) is 0 Å². The average molecular weight is 312 g/mol. The first-order chi connectivity index (χ1) is 10.2. The number of hydrogen-bond donors (Lipinski definition) is 0. The summed E-state index contributed by atoms with van der Waals surface area (Å²) in [4.78, 5) is 14.2. The van der Waals surface area contributed by atoms with Gasteiger partial charge in [-0.3, -0.25) is 4.79 Å². The molecule has 0 unspecified atom stereocenters. The van der Waals surface area contributed by atoms with E-state index in [2.05, 4.69) is 0 Å². The summed E-state index contributed by atoms with van der Waals surface area (Å²) in [5.41, 5.74) is 0.986. The Morgan fingerprint density at radius 2 is 2.14 bits per heavy atom. The zero-order valence-corrected chi connectivity index (χ0v) is 13.1. The molecule has 4 nitrogen and oxygen atoms in total. The number of methoxy groups -OCH3 is 1. The van der Waals surface area contributed by atoms with Gasteiger partial charge in [-0.05, 0) is 30.5 Å². The maximum atomic E-state index is 12.3. The summed E-state index contributed by atoms with van der Waals surface area (Å²) in [6.45, 7) is 2.11. The summed E-state index contributed by atoms with van der Waals surface area (Å²) in [5.74, 6) is 1.47. The molecule has 0 spiro atoms. The number of hydrogen-bond acceptors (Lipinski definition) is 3. The summed E-state index contributed by atoms with van der Waals surface area (Å²) in [6.07, 6.45) is 2.44. The van der Waals surface area contributed by atoms with Crippen molar-refractivity contribution >= 4 is 17.5 Å². The number of rotatable bonds is 6. The lowest BCUT2D eigenvalue weighted by Crippen LogP contribution is -2.41. The second kappa shape index (κ2) is 8.25. The van der Waals surface area contributed by atoms with Crippen molar-refractivity contribution < 1.29 is 14.3 Å². The number of likely N-dealkylation sites (tertiary alicyclic amines) is 1. The molecule has 0 aromatic heterocycles.